The summed E-state index contributed by atoms with van der Waals surface area (Å²) in [7, 11) is 1.64. The van der Waals surface area contributed by atoms with Gasteiger partial charge in [0.05, 0.1) is 19.0 Å². The zero-order valence-corrected chi connectivity index (χ0v) is 10.7. The molecule has 1 amide bonds. The van der Waals surface area contributed by atoms with Crippen molar-refractivity contribution in [1.82, 2.24) is 9.78 Å². The molecule has 0 aliphatic rings. The van der Waals surface area contributed by atoms with Crippen molar-refractivity contribution in [3.63, 3.8) is 0 Å². The van der Waals surface area contributed by atoms with Gasteiger partial charge in [0.1, 0.15) is 12.3 Å². The van der Waals surface area contributed by atoms with Crippen LogP contribution in [0.25, 0.3) is 0 Å². The Bertz CT molecular complexity index is 548. The first-order chi connectivity index (χ1) is 9.17. The Morgan fingerprint density at radius 3 is 2.79 bits per heavy atom. The molecule has 6 nitrogen and oxygen atoms in total. The molecule has 0 radical (unpaired) electrons. The number of hydrogen-bond donors (Lipinski definition) is 2. The van der Waals surface area contributed by atoms with Gasteiger partial charge in [0.15, 0.2) is 0 Å². The monoisotopic (exact) mass is 260 g/mol. The smallest absolute Gasteiger partial charge is 0.239 e. The van der Waals surface area contributed by atoms with E-state index in [1.807, 2.05) is 24.3 Å². The third-order valence-corrected chi connectivity index (χ3v) is 2.61. The average Bonchev–Trinajstić information content (AvgIpc) is 2.84. The lowest BCUT2D eigenvalue weighted by Crippen LogP contribution is -2.18. The molecule has 1 aromatic carbocycles. The van der Waals surface area contributed by atoms with Gasteiger partial charge in [-0.3, -0.25) is 9.48 Å². The largest absolute Gasteiger partial charge is 0.497 e. The highest BCUT2D eigenvalue weighted by atomic mass is 16.5. The predicted molar refractivity (Wildman–Crippen MR) is 71.7 cm³/mol. The van der Waals surface area contributed by atoms with Crippen LogP contribution in [-0.2, 0) is 17.9 Å². The molecule has 0 atom stereocenters. The van der Waals surface area contributed by atoms with Crippen LogP contribution in [0.4, 0.5) is 5.69 Å². The first-order valence-corrected chi connectivity index (χ1v) is 5.85. The normalized spacial score (nSPS) is 10.2. The highest BCUT2D eigenvalue weighted by Crippen LogP contribution is 2.13. The van der Waals surface area contributed by atoms with Crippen molar-refractivity contribution < 1.29 is 9.53 Å². The molecule has 1 heterocycles. The third kappa shape index (κ3) is 3.74. The molecule has 0 aliphatic heterocycles. The summed E-state index contributed by atoms with van der Waals surface area (Å²) < 4.78 is 6.59. The highest BCUT2D eigenvalue weighted by Gasteiger charge is 2.01. The van der Waals surface area contributed by atoms with E-state index in [2.05, 4.69) is 10.4 Å². The molecular formula is C13H16N4O2. The van der Waals surface area contributed by atoms with Crippen molar-refractivity contribution >= 4 is 11.6 Å². The summed E-state index contributed by atoms with van der Waals surface area (Å²) in [5.41, 5.74) is 7.07. The zero-order chi connectivity index (χ0) is 13.7. The van der Waals surface area contributed by atoms with Crippen molar-refractivity contribution in [3.05, 3.63) is 42.2 Å². The van der Waals surface area contributed by atoms with Crippen LogP contribution in [0.1, 0.15) is 5.56 Å². The Morgan fingerprint density at radius 1 is 1.42 bits per heavy atom. The van der Waals surface area contributed by atoms with Crippen LogP contribution >= 0.6 is 0 Å². The van der Waals surface area contributed by atoms with Crippen LogP contribution in [0.2, 0.25) is 0 Å². The van der Waals surface area contributed by atoms with Crippen LogP contribution in [0.15, 0.2) is 36.7 Å². The number of carbonyl (C=O) groups is 1. The van der Waals surface area contributed by atoms with E-state index in [4.69, 9.17) is 10.5 Å². The van der Waals surface area contributed by atoms with Crippen LogP contribution in [0.5, 0.6) is 5.75 Å². The SMILES string of the molecule is COc1ccc(CNc2cnn(CC(N)=O)c2)cc1. The number of aromatic nitrogens is 2. The maximum Gasteiger partial charge on any atom is 0.239 e. The second-order valence-electron chi connectivity index (χ2n) is 4.09. The van der Waals surface area contributed by atoms with Gasteiger partial charge < -0.3 is 15.8 Å². The Balaban J connectivity index is 1.90. The number of nitrogens with zero attached hydrogens (tertiary/aromatic N) is 2. The van der Waals surface area contributed by atoms with E-state index in [0.717, 1.165) is 17.0 Å². The molecule has 0 fully saturated rings. The predicted octanol–water partition coefficient (Wildman–Crippen LogP) is 0.989. The van der Waals surface area contributed by atoms with E-state index in [0.29, 0.717) is 6.54 Å². The lowest BCUT2D eigenvalue weighted by Gasteiger charge is -2.05. The van der Waals surface area contributed by atoms with E-state index in [9.17, 15) is 4.79 Å². The Labute approximate surface area is 111 Å². The Hall–Kier alpha value is -2.50. The number of primary amides is 1. The number of benzene rings is 1. The van der Waals surface area contributed by atoms with E-state index in [-0.39, 0.29) is 6.54 Å². The molecule has 0 saturated heterocycles. The number of ether oxygens (including phenoxy) is 1. The Morgan fingerprint density at radius 2 is 2.16 bits per heavy atom. The lowest BCUT2D eigenvalue weighted by molar-refractivity contribution is -0.118. The summed E-state index contributed by atoms with van der Waals surface area (Å²) in [6.45, 7) is 0.760. The Kier molecular flexibility index (Phi) is 4.02. The quantitative estimate of drug-likeness (QED) is 0.811. The van der Waals surface area contributed by atoms with Crippen LogP contribution in [-0.4, -0.2) is 22.8 Å². The van der Waals surface area contributed by atoms with Crippen molar-refractivity contribution in [2.24, 2.45) is 5.73 Å². The van der Waals surface area contributed by atoms with Crippen LogP contribution < -0.4 is 15.8 Å². The van der Waals surface area contributed by atoms with Gasteiger partial charge in [-0.1, -0.05) is 12.1 Å². The maximum atomic E-state index is 10.7. The molecule has 6 heteroatoms. The number of rotatable bonds is 6. The summed E-state index contributed by atoms with van der Waals surface area (Å²) >= 11 is 0. The minimum Gasteiger partial charge on any atom is -0.497 e. The van der Waals surface area contributed by atoms with Gasteiger partial charge >= 0.3 is 0 Å². The fraction of sp³-hybridized carbons (Fsp3) is 0.231. The van der Waals surface area contributed by atoms with Crippen molar-refractivity contribution in [2.45, 2.75) is 13.1 Å². The summed E-state index contributed by atoms with van der Waals surface area (Å²) in [5.74, 6) is 0.419. The van der Waals surface area contributed by atoms with Gasteiger partial charge in [0.2, 0.25) is 5.91 Å². The molecule has 0 aliphatic carbocycles. The van der Waals surface area contributed by atoms with Crippen molar-refractivity contribution in [2.75, 3.05) is 12.4 Å². The molecular weight excluding hydrogens is 244 g/mol. The molecule has 2 rings (SSSR count). The van der Waals surface area contributed by atoms with Crippen molar-refractivity contribution in [1.29, 1.82) is 0 Å². The molecule has 2 aromatic rings. The van der Waals surface area contributed by atoms with Gasteiger partial charge in [0, 0.05) is 12.7 Å². The number of nitrogens with two attached hydrogens (primary N) is 1. The summed E-state index contributed by atoms with van der Waals surface area (Å²) in [6.07, 6.45) is 3.40. The number of amides is 1. The van der Waals surface area contributed by atoms with Gasteiger partial charge in [-0.2, -0.15) is 5.10 Å². The summed E-state index contributed by atoms with van der Waals surface area (Å²) in [5, 5.41) is 7.25. The van der Waals surface area contributed by atoms with Crippen molar-refractivity contribution in [3.8, 4) is 5.75 Å². The minimum atomic E-state index is -0.412. The van der Waals surface area contributed by atoms with E-state index >= 15 is 0 Å². The first kappa shape index (κ1) is 12.9. The van der Waals surface area contributed by atoms with E-state index in [1.165, 1.54) is 4.68 Å². The molecule has 100 valence electrons. The topological polar surface area (TPSA) is 82.2 Å². The fourth-order valence-corrected chi connectivity index (χ4v) is 1.65. The molecule has 0 bridgehead atoms. The van der Waals surface area contributed by atoms with Gasteiger partial charge in [-0.05, 0) is 17.7 Å². The molecule has 1 aromatic heterocycles. The van der Waals surface area contributed by atoms with Gasteiger partial charge in [-0.15, -0.1) is 0 Å². The number of nitrogens with one attached hydrogen (secondary N) is 1. The first-order valence-electron chi connectivity index (χ1n) is 5.85. The molecule has 19 heavy (non-hydrogen) atoms. The van der Waals surface area contributed by atoms with Crippen LogP contribution in [0, 0.1) is 0 Å². The second-order valence-corrected chi connectivity index (χ2v) is 4.09. The number of methoxy groups -OCH3 is 1. The molecule has 0 saturated carbocycles. The fourth-order valence-electron chi connectivity index (χ4n) is 1.65. The van der Waals surface area contributed by atoms with E-state index < -0.39 is 5.91 Å². The standard InChI is InChI=1S/C13H16N4O2/c1-19-12-4-2-10(3-5-12)6-15-11-7-16-17(8-11)9-13(14)18/h2-5,7-8,15H,6,9H2,1H3,(H2,14,18). The summed E-state index contributed by atoms with van der Waals surface area (Å²) in [4.78, 5) is 10.7. The minimum absolute atomic E-state index is 0.0875. The summed E-state index contributed by atoms with van der Waals surface area (Å²) in [6, 6.07) is 7.79. The van der Waals surface area contributed by atoms with Crippen LogP contribution in [0.3, 0.4) is 0 Å². The second kappa shape index (κ2) is 5.90. The highest BCUT2D eigenvalue weighted by molar-refractivity contribution is 5.73. The van der Waals surface area contributed by atoms with Gasteiger partial charge in [0.25, 0.3) is 0 Å². The molecule has 0 unspecified atom stereocenters. The van der Waals surface area contributed by atoms with Gasteiger partial charge in [-0.25, -0.2) is 0 Å². The number of hydrogen-bond acceptors (Lipinski definition) is 4. The molecule has 3 N–H and O–H groups in total. The maximum absolute atomic E-state index is 10.7. The lowest BCUT2D eigenvalue weighted by atomic mass is 10.2. The van der Waals surface area contributed by atoms with E-state index in [1.54, 1.807) is 19.5 Å². The third-order valence-electron chi connectivity index (χ3n) is 2.61. The molecule has 0 spiro atoms. The number of carbonyl (C=O) groups excluding carboxylic acids is 1. The zero-order valence-electron chi connectivity index (χ0n) is 10.7. The average molecular weight is 260 g/mol. The number of anilines is 1.